The smallest absolute Gasteiger partial charge is 0.341 e. The van der Waals surface area contributed by atoms with Crippen LogP contribution in [0.2, 0.25) is 0 Å². The molecule has 0 aliphatic rings. The Bertz CT molecular complexity index is 391. The summed E-state index contributed by atoms with van der Waals surface area (Å²) < 4.78 is 9.88. The minimum atomic E-state index is -0.389. The van der Waals surface area contributed by atoms with Crippen LogP contribution in [0, 0.1) is 0 Å². The zero-order chi connectivity index (χ0) is 12.1. The van der Waals surface area contributed by atoms with E-state index in [1.165, 1.54) is 14.2 Å². The van der Waals surface area contributed by atoms with Crippen LogP contribution in [0.1, 0.15) is 21.5 Å². The summed E-state index contributed by atoms with van der Waals surface area (Å²) in [5, 5.41) is 1.40. The Labute approximate surface area is 111 Å². The van der Waals surface area contributed by atoms with Gasteiger partial charge in [-0.3, -0.25) is 0 Å². The number of esters is 1. The first kappa shape index (κ1) is 13.5. The fraction of sp³-hybridized carbons (Fsp3) is 0.364. The van der Waals surface area contributed by atoms with Gasteiger partial charge in [-0.1, -0.05) is 31.9 Å². The average molecular weight is 352 g/mol. The minimum absolute atomic E-state index is 0.389. The lowest BCUT2D eigenvalue weighted by atomic mass is 10.1. The molecule has 5 heteroatoms. The first-order valence-corrected chi connectivity index (χ1v) is 6.82. The van der Waals surface area contributed by atoms with Crippen molar-refractivity contribution in [2.24, 2.45) is 0 Å². The second-order valence-corrected chi connectivity index (χ2v) is 4.20. The van der Waals surface area contributed by atoms with E-state index in [1.54, 1.807) is 6.07 Å². The van der Waals surface area contributed by atoms with E-state index in [0.717, 1.165) is 11.1 Å². The molecular formula is C11H12Br2O3. The van der Waals surface area contributed by atoms with Crippen molar-refractivity contribution < 1.29 is 14.3 Å². The minimum Gasteiger partial charge on any atom is -0.496 e. The van der Waals surface area contributed by atoms with E-state index in [0.29, 0.717) is 22.0 Å². The number of rotatable bonds is 4. The van der Waals surface area contributed by atoms with Crippen molar-refractivity contribution >= 4 is 37.8 Å². The number of carbonyl (C=O) groups is 1. The van der Waals surface area contributed by atoms with Crippen molar-refractivity contribution in [2.45, 2.75) is 10.7 Å². The van der Waals surface area contributed by atoms with Gasteiger partial charge in [0.1, 0.15) is 11.3 Å². The number of halogens is 2. The average Bonchev–Trinajstić information content (AvgIpc) is 2.35. The molecule has 0 spiro atoms. The molecule has 1 rings (SSSR count). The molecule has 0 aliphatic heterocycles. The lowest BCUT2D eigenvalue weighted by Gasteiger charge is -2.11. The van der Waals surface area contributed by atoms with E-state index in [-0.39, 0.29) is 5.97 Å². The molecule has 0 fully saturated rings. The molecule has 0 N–H and O–H groups in total. The summed E-state index contributed by atoms with van der Waals surface area (Å²) in [5.74, 6) is 0.145. The summed E-state index contributed by atoms with van der Waals surface area (Å²) in [6.45, 7) is 0. The molecule has 0 aliphatic carbocycles. The van der Waals surface area contributed by atoms with E-state index in [2.05, 4.69) is 31.9 Å². The molecule has 16 heavy (non-hydrogen) atoms. The van der Waals surface area contributed by atoms with Crippen molar-refractivity contribution in [2.75, 3.05) is 14.2 Å². The third kappa shape index (κ3) is 2.77. The van der Waals surface area contributed by atoms with Gasteiger partial charge in [0.25, 0.3) is 0 Å². The highest BCUT2D eigenvalue weighted by Gasteiger charge is 2.15. The zero-order valence-corrected chi connectivity index (χ0v) is 12.2. The molecule has 0 radical (unpaired) electrons. The van der Waals surface area contributed by atoms with Crippen LogP contribution in [-0.2, 0) is 15.4 Å². The van der Waals surface area contributed by atoms with Gasteiger partial charge in [0.15, 0.2) is 0 Å². The summed E-state index contributed by atoms with van der Waals surface area (Å²) in [7, 11) is 2.89. The SMILES string of the molecule is COC(=O)c1cc(CBr)c(CBr)cc1OC. The van der Waals surface area contributed by atoms with Gasteiger partial charge in [0.2, 0.25) is 0 Å². The molecule has 0 heterocycles. The number of hydrogen-bond donors (Lipinski definition) is 0. The quantitative estimate of drug-likeness (QED) is 0.617. The maximum absolute atomic E-state index is 11.5. The van der Waals surface area contributed by atoms with Gasteiger partial charge in [0, 0.05) is 10.7 Å². The van der Waals surface area contributed by atoms with E-state index in [4.69, 9.17) is 9.47 Å². The maximum atomic E-state index is 11.5. The van der Waals surface area contributed by atoms with Crippen LogP contribution < -0.4 is 4.74 Å². The van der Waals surface area contributed by atoms with E-state index >= 15 is 0 Å². The molecule has 0 atom stereocenters. The fourth-order valence-electron chi connectivity index (χ4n) is 1.35. The van der Waals surface area contributed by atoms with Gasteiger partial charge in [-0.05, 0) is 23.3 Å². The largest absolute Gasteiger partial charge is 0.496 e. The van der Waals surface area contributed by atoms with Crippen molar-refractivity contribution in [1.82, 2.24) is 0 Å². The molecule has 0 saturated carbocycles. The van der Waals surface area contributed by atoms with E-state index < -0.39 is 0 Å². The fourth-order valence-corrected chi connectivity index (χ4v) is 2.40. The number of ether oxygens (including phenoxy) is 2. The predicted octanol–water partition coefficient (Wildman–Crippen LogP) is 3.27. The van der Waals surface area contributed by atoms with Crippen LogP contribution in [-0.4, -0.2) is 20.2 Å². The summed E-state index contributed by atoms with van der Waals surface area (Å²) >= 11 is 6.79. The van der Waals surface area contributed by atoms with Crippen LogP contribution >= 0.6 is 31.9 Å². The Hall–Kier alpha value is -0.550. The topological polar surface area (TPSA) is 35.5 Å². The molecule has 1 aromatic rings. The van der Waals surface area contributed by atoms with Crippen molar-refractivity contribution in [1.29, 1.82) is 0 Å². The number of methoxy groups -OCH3 is 2. The molecule has 0 bridgehead atoms. The van der Waals surface area contributed by atoms with Gasteiger partial charge in [-0.2, -0.15) is 0 Å². The van der Waals surface area contributed by atoms with Gasteiger partial charge in [-0.25, -0.2) is 4.79 Å². The van der Waals surface area contributed by atoms with Crippen LogP contribution in [0.5, 0.6) is 5.75 Å². The van der Waals surface area contributed by atoms with Gasteiger partial charge in [-0.15, -0.1) is 0 Å². The molecule has 0 aromatic heterocycles. The van der Waals surface area contributed by atoms with Gasteiger partial charge >= 0.3 is 5.97 Å². The van der Waals surface area contributed by atoms with Crippen molar-refractivity contribution in [3.05, 3.63) is 28.8 Å². The Kier molecular flexibility index (Phi) is 5.28. The van der Waals surface area contributed by atoms with Crippen molar-refractivity contribution in [3.8, 4) is 5.75 Å². The summed E-state index contributed by atoms with van der Waals surface area (Å²) in [6.07, 6.45) is 0. The first-order chi connectivity index (χ1) is 7.67. The third-order valence-electron chi connectivity index (χ3n) is 2.21. The lowest BCUT2D eigenvalue weighted by Crippen LogP contribution is -2.06. The predicted molar refractivity (Wildman–Crippen MR) is 69.6 cm³/mol. The van der Waals surface area contributed by atoms with E-state index in [1.807, 2.05) is 6.07 Å². The lowest BCUT2D eigenvalue weighted by molar-refractivity contribution is 0.0597. The molecule has 1 aromatic carbocycles. The summed E-state index contributed by atoms with van der Waals surface area (Å²) in [5.41, 5.74) is 2.57. The first-order valence-electron chi connectivity index (χ1n) is 4.58. The Morgan fingerprint density at radius 3 is 2.19 bits per heavy atom. The number of carbonyl (C=O) groups excluding carboxylic acids is 1. The Morgan fingerprint density at radius 1 is 1.19 bits per heavy atom. The van der Waals surface area contributed by atoms with Gasteiger partial charge in [0.05, 0.1) is 14.2 Å². The third-order valence-corrected chi connectivity index (χ3v) is 3.42. The molecule has 88 valence electrons. The number of benzene rings is 1. The van der Waals surface area contributed by atoms with Crippen LogP contribution in [0.15, 0.2) is 12.1 Å². The normalized spacial score (nSPS) is 10.0. The van der Waals surface area contributed by atoms with E-state index in [9.17, 15) is 4.79 Å². The molecule has 0 unspecified atom stereocenters. The number of hydrogen-bond acceptors (Lipinski definition) is 3. The Balaban J connectivity index is 3.31. The molecule has 0 amide bonds. The van der Waals surface area contributed by atoms with Crippen LogP contribution in [0.3, 0.4) is 0 Å². The standard InChI is InChI=1S/C11H12Br2O3/c1-15-10-4-8(6-13)7(5-12)3-9(10)11(14)16-2/h3-4H,5-6H2,1-2H3. The summed E-state index contributed by atoms with van der Waals surface area (Å²) in [4.78, 5) is 11.5. The molecule has 3 nitrogen and oxygen atoms in total. The van der Waals surface area contributed by atoms with Crippen LogP contribution in [0.4, 0.5) is 0 Å². The highest BCUT2D eigenvalue weighted by Crippen LogP contribution is 2.27. The van der Waals surface area contributed by atoms with Crippen LogP contribution in [0.25, 0.3) is 0 Å². The Morgan fingerprint density at radius 2 is 1.75 bits per heavy atom. The van der Waals surface area contributed by atoms with Crippen molar-refractivity contribution in [3.63, 3.8) is 0 Å². The zero-order valence-electron chi connectivity index (χ0n) is 9.05. The molecular weight excluding hydrogens is 340 g/mol. The molecule has 0 saturated heterocycles. The highest BCUT2D eigenvalue weighted by molar-refractivity contribution is 9.09. The monoisotopic (exact) mass is 350 g/mol. The number of alkyl halides is 2. The maximum Gasteiger partial charge on any atom is 0.341 e. The van der Waals surface area contributed by atoms with Gasteiger partial charge < -0.3 is 9.47 Å². The highest BCUT2D eigenvalue weighted by atomic mass is 79.9. The summed E-state index contributed by atoms with van der Waals surface area (Å²) in [6, 6.07) is 3.63. The second-order valence-electron chi connectivity index (χ2n) is 3.08. The second kappa shape index (κ2) is 6.25.